The molecule has 0 bridgehead atoms. The number of nitrogens with one attached hydrogen (secondary N) is 1. The lowest BCUT2D eigenvalue weighted by Gasteiger charge is -2.20. The maximum absolute atomic E-state index is 12.2. The highest BCUT2D eigenvalue weighted by atomic mass is 79.9. The van der Waals surface area contributed by atoms with Gasteiger partial charge in [-0.05, 0) is 34.0 Å². The molecule has 2 N–H and O–H groups in total. The van der Waals surface area contributed by atoms with Crippen LogP contribution in [0.5, 0.6) is 0 Å². The van der Waals surface area contributed by atoms with Crippen molar-refractivity contribution in [2.24, 2.45) is 5.92 Å². The van der Waals surface area contributed by atoms with E-state index in [9.17, 15) is 13.2 Å². The minimum Gasteiger partial charge on any atom is -0.480 e. The number of carboxylic acids is 1. The molecule has 1 aromatic rings. The molecule has 0 aromatic heterocycles. The number of carboxylic acid groups (broad SMARTS) is 1. The van der Waals surface area contributed by atoms with E-state index in [1.165, 1.54) is 6.07 Å². The Bertz CT molecular complexity index is 559. The number of hydrogen-bond donors (Lipinski definition) is 2. The molecule has 0 spiro atoms. The van der Waals surface area contributed by atoms with Crippen molar-refractivity contribution in [1.82, 2.24) is 4.72 Å². The lowest BCUT2D eigenvalue weighted by Crippen LogP contribution is -2.44. The molecule has 0 heterocycles. The first-order valence-corrected chi connectivity index (χ1v) is 8.07. The monoisotopic (exact) mass is 349 g/mol. The van der Waals surface area contributed by atoms with Crippen LogP contribution in [0.2, 0.25) is 0 Å². The van der Waals surface area contributed by atoms with E-state index in [1.807, 2.05) is 6.92 Å². The molecule has 2 atom stereocenters. The number of sulfonamides is 1. The highest BCUT2D eigenvalue weighted by molar-refractivity contribution is 9.10. The van der Waals surface area contributed by atoms with Gasteiger partial charge in [0.1, 0.15) is 6.04 Å². The molecular weight excluding hydrogens is 334 g/mol. The predicted molar refractivity (Wildman–Crippen MR) is 75.3 cm³/mol. The summed E-state index contributed by atoms with van der Waals surface area (Å²) in [6.45, 7) is 3.51. The Hall–Kier alpha value is -0.920. The minimum atomic E-state index is -3.87. The molecule has 0 radical (unpaired) electrons. The number of hydrogen-bond acceptors (Lipinski definition) is 3. The van der Waals surface area contributed by atoms with E-state index in [0.717, 1.165) is 0 Å². The fourth-order valence-electron chi connectivity index (χ4n) is 1.54. The zero-order valence-electron chi connectivity index (χ0n) is 10.6. The summed E-state index contributed by atoms with van der Waals surface area (Å²) in [5.41, 5.74) is 0. The first kappa shape index (κ1) is 16.1. The Morgan fingerprint density at radius 3 is 2.47 bits per heavy atom. The van der Waals surface area contributed by atoms with Crippen LogP contribution in [0.1, 0.15) is 20.3 Å². The second-order valence-corrected chi connectivity index (χ2v) is 6.79. The molecule has 106 valence electrons. The molecule has 19 heavy (non-hydrogen) atoms. The molecule has 0 aliphatic heterocycles. The van der Waals surface area contributed by atoms with Gasteiger partial charge in [-0.3, -0.25) is 4.79 Å². The van der Waals surface area contributed by atoms with Gasteiger partial charge in [-0.1, -0.05) is 32.4 Å². The molecule has 0 aliphatic rings. The Balaban J connectivity index is 3.08. The van der Waals surface area contributed by atoms with Gasteiger partial charge in [0, 0.05) is 4.47 Å². The number of carbonyl (C=O) groups is 1. The molecule has 0 amide bonds. The Kier molecular flexibility index (Phi) is 5.51. The quantitative estimate of drug-likeness (QED) is 0.824. The average molecular weight is 350 g/mol. The van der Waals surface area contributed by atoms with Crippen LogP contribution in [0.25, 0.3) is 0 Å². The van der Waals surface area contributed by atoms with Crippen molar-refractivity contribution in [1.29, 1.82) is 0 Å². The fourth-order valence-corrected chi connectivity index (χ4v) is 3.84. The topological polar surface area (TPSA) is 83.5 Å². The van der Waals surface area contributed by atoms with E-state index in [2.05, 4.69) is 20.7 Å². The highest BCUT2D eigenvalue weighted by Gasteiger charge is 2.30. The normalized spacial score (nSPS) is 14.9. The standard InChI is InChI=1S/C12H16BrNO4S/c1-3-8(2)11(12(15)16)14-19(17,18)10-7-5-4-6-9(10)13/h4-8,11,14H,3H2,1-2H3,(H,15,16)/t8?,11-/m0/s1. The summed E-state index contributed by atoms with van der Waals surface area (Å²) < 4.78 is 27.0. The van der Waals surface area contributed by atoms with Gasteiger partial charge in [0.05, 0.1) is 4.90 Å². The van der Waals surface area contributed by atoms with Crippen LogP contribution < -0.4 is 4.72 Å². The van der Waals surface area contributed by atoms with Gasteiger partial charge in [0.2, 0.25) is 10.0 Å². The largest absolute Gasteiger partial charge is 0.480 e. The van der Waals surface area contributed by atoms with Crippen molar-refractivity contribution in [3.63, 3.8) is 0 Å². The SMILES string of the molecule is CCC(C)[C@H](NS(=O)(=O)c1ccccc1Br)C(=O)O. The van der Waals surface area contributed by atoms with Crippen molar-refractivity contribution >= 4 is 31.9 Å². The van der Waals surface area contributed by atoms with Crippen molar-refractivity contribution in [2.75, 3.05) is 0 Å². The molecule has 0 aliphatic carbocycles. The summed E-state index contributed by atoms with van der Waals surface area (Å²) in [7, 11) is -3.87. The molecule has 0 saturated carbocycles. The smallest absolute Gasteiger partial charge is 0.322 e. The van der Waals surface area contributed by atoms with Crippen LogP contribution in [0.3, 0.4) is 0 Å². The minimum absolute atomic E-state index is 0.0320. The van der Waals surface area contributed by atoms with Crippen molar-refractivity contribution < 1.29 is 18.3 Å². The van der Waals surface area contributed by atoms with Crippen molar-refractivity contribution in [2.45, 2.75) is 31.2 Å². The Labute approximate surface area is 121 Å². The molecule has 1 unspecified atom stereocenters. The third-order valence-electron chi connectivity index (χ3n) is 2.89. The first-order valence-electron chi connectivity index (χ1n) is 5.79. The van der Waals surface area contributed by atoms with Gasteiger partial charge in [-0.15, -0.1) is 0 Å². The van der Waals surface area contributed by atoms with E-state index in [-0.39, 0.29) is 10.8 Å². The third kappa shape index (κ3) is 4.02. The molecule has 5 nitrogen and oxygen atoms in total. The number of halogens is 1. The molecule has 7 heteroatoms. The summed E-state index contributed by atoms with van der Waals surface area (Å²) in [6, 6.07) is 5.14. The van der Waals surface area contributed by atoms with Gasteiger partial charge < -0.3 is 5.11 Å². The van der Waals surface area contributed by atoms with Gasteiger partial charge >= 0.3 is 5.97 Å². The number of benzene rings is 1. The molecule has 1 aromatic carbocycles. The van der Waals surface area contributed by atoms with Crippen LogP contribution in [0.4, 0.5) is 0 Å². The van der Waals surface area contributed by atoms with Crippen molar-refractivity contribution in [3.8, 4) is 0 Å². The molecule has 0 saturated heterocycles. The average Bonchev–Trinajstić information content (AvgIpc) is 2.35. The molecular formula is C12H16BrNO4S. The van der Waals surface area contributed by atoms with E-state index in [0.29, 0.717) is 10.9 Å². The van der Waals surface area contributed by atoms with Crippen LogP contribution in [0.15, 0.2) is 33.6 Å². The van der Waals surface area contributed by atoms with E-state index < -0.39 is 22.0 Å². The maximum atomic E-state index is 12.2. The Morgan fingerprint density at radius 2 is 2.00 bits per heavy atom. The first-order chi connectivity index (χ1) is 8.79. The summed E-state index contributed by atoms with van der Waals surface area (Å²) in [6.07, 6.45) is 0.565. The van der Waals surface area contributed by atoms with Crippen molar-refractivity contribution in [3.05, 3.63) is 28.7 Å². The maximum Gasteiger partial charge on any atom is 0.322 e. The van der Waals surface area contributed by atoms with Gasteiger partial charge in [0.15, 0.2) is 0 Å². The highest BCUT2D eigenvalue weighted by Crippen LogP contribution is 2.22. The van der Waals surface area contributed by atoms with E-state index >= 15 is 0 Å². The zero-order valence-corrected chi connectivity index (χ0v) is 13.0. The second-order valence-electron chi connectivity index (χ2n) is 4.25. The Morgan fingerprint density at radius 1 is 1.42 bits per heavy atom. The van der Waals surface area contributed by atoms with Gasteiger partial charge in [-0.2, -0.15) is 4.72 Å². The van der Waals surface area contributed by atoms with E-state index in [4.69, 9.17) is 5.11 Å². The summed E-state index contributed by atoms with van der Waals surface area (Å²) >= 11 is 3.15. The zero-order chi connectivity index (χ0) is 14.6. The van der Waals surface area contributed by atoms with Crippen LogP contribution in [-0.4, -0.2) is 25.5 Å². The van der Waals surface area contributed by atoms with Crippen LogP contribution >= 0.6 is 15.9 Å². The fraction of sp³-hybridized carbons (Fsp3) is 0.417. The summed E-state index contributed by atoms with van der Waals surface area (Å²) in [5, 5.41) is 9.12. The van der Waals surface area contributed by atoms with E-state index in [1.54, 1.807) is 25.1 Å². The summed E-state index contributed by atoms with van der Waals surface area (Å²) in [4.78, 5) is 11.2. The molecule has 0 fully saturated rings. The number of rotatable bonds is 6. The second kappa shape index (κ2) is 6.49. The predicted octanol–water partition coefficient (Wildman–Crippen LogP) is 2.23. The van der Waals surface area contributed by atoms with Crippen LogP contribution in [0, 0.1) is 5.92 Å². The molecule has 1 rings (SSSR count). The third-order valence-corrected chi connectivity index (χ3v) is 5.34. The lowest BCUT2D eigenvalue weighted by molar-refractivity contribution is -0.140. The van der Waals surface area contributed by atoms with Crippen LogP contribution in [-0.2, 0) is 14.8 Å². The van der Waals surface area contributed by atoms with Gasteiger partial charge in [0.25, 0.3) is 0 Å². The van der Waals surface area contributed by atoms with Gasteiger partial charge in [-0.25, -0.2) is 8.42 Å². The lowest BCUT2D eigenvalue weighted by atomic mass is 10.0. The number of aliphatic carboxylic acids is 1. The summed E-state index contributed by atoms with van der Waals surface area (Å²) in [5.74, 6) is -1.47.